The summed E-state index contributed by atoms with van der Waals surface area (Å²) >= 11 is 0. The molecule has 1 amide bonds. The number of pyridine rings is 1. The van der Waals surface area contributed by atoms with Gasteiger partial charge in [0.25, 0.3) is 11.7 Å². The Labute approximate surface area is 127 Å². The first-order valence-corrected chi connectivity index (χ1v) is 6.96. The van der Waals surface area contributed by atoms with Gasteiger partial charge in [-0.15, -0.1) is 0 Å². The number of carbonyl (C=O) groups excluding carboxylic acids is 2. The number of para-hydroxylation sites is 1. The fourth-order valence-electron chi connectivity index (χ4n) is 2.44. The molecule has 0 radical (unpaired) electrons. The van der Waals surface area contributed by atoms with E-state index in [1.165, 1.54) is 0 Å². The van der Waals surface area contributed by atoms with Crippen molar-refractivity contribution in [1.29, 1.82) is 0 Å². The molecular weight excluding hydrogens is 278 g/mol. The van der Waals surface area contributed by atoms with Crippen molar-refractivity contribution >= 4 is 22.6 Å². The molecule has 0 fully saturated rings. The van der Waals surface area contributed by atoms with Crippen LogP contribution in [0, 0.1) is 6.92 Å². The minimum absolute atomic E-state index is 0.229. The molecule has 2 heterocycles. The van der Waals surface area contributed by atoms with E-state index in [0.29, 0.717) is 17.0 Å². The molecule has 3 rings (SSSR count). The van der Waals surface area contributed by atoms with E-state index in [-0.39, 0.29) is 6.54 Å². The summed E-state index contributed by atoms with van der Waals surface area (Å²) in [7, 11) is 0. The predicted molar refractivity (Wildman–Crippen MR) is 83.4 cm³/mol. The highest BCUT2D eigenvalue weighted by molar-refractivity contribution is 6.45. The number of amides is 1. The third-order valence-corrected chi connectivity index (χ3v) is 3.48. The molecule has 3 aromatic rings. The van der Waals surface area contributed by atoms with Gasteiger partial charge in [-0.2, -0.15) is 0 Å². The van der Waals surface area contributed by atoms with Gasteiger partial charge in [0.2, 0.25) is 0 Å². The highest BCUT2D eigenvalue weighted by Gasteiger charge is 2.22. The van der Waals surface area contributed by atoms with Crippen LogP contribution in [0.25, 0.3) is 10.9 Å². The van der Waals surface area contributed by atoms with Crippen molar-refractivity contribution in [1.82, 2.24) is 15.3 Å². The number of fused-ring (bicyclic) bond motifs is 1. The quantitative estimate of drug-likeness (QED) is 0.573. The fourth-order valence-corrected chi connectivity index (χ4v) is 2.44. The lowest BCUT2D eigenvalue weighted by Crippen LogP contribution is -2.31. The average Bonchev–Trinajstić information content (AvgIpc) is 2.88. The second kappa shape index (κ2) is 5.81. The smallest absolute Gasteiger partial charge is 0.292 e. The van der Waals surface area contributed by atoms with Crippen molar-refractivity contribution in [2.24, 2.45) is 0 Å². The number of aromatic nitrogens is 2. The number of Topliss-reactive ketones (excluding diaryl/α,β-unsaturated/α-hetero) is 1. The zero-order valence-corrected chi connectivity index (χ0v) is 12.1. The Bertz CT molecular complexity index is 837. The number of nitrogens with zero attached hydrogens (tertiary/aromatic N) is 1. The van der Waals surface area contributed by atoms with Gasteiger partial charge in [0, 0.05) is 22.8 Å². The van der Waals surface area contributed by atoms with Crippen LogP contribution in [-0.2, 0) is 11.3 Å². The second-order valence-electron chi connectivity index (χ2n) is 5.00. The van der Waals surface area contributed by atoms with Crippen LogP contribution in [0.3, 0.4) is 0 Å². The zero-order chi connectivity index (χ0) is 15.5. The van der Waals surface area contributed by atoms with Gasteiger partial charge in [-0.25, -0.2) is 0 Å². The predicted octanol–water partition coefficient (Wildman–Crippen LogP) is 2.37. The van der Waals surface area contributed by atoms with E-state index < -0.39 is 11.7 Å². The number of nitrogens with one attached hydrogen (secondary N) is 2. The molecule has 0 aliphatic rings. The SMILES string of the molecule is Cc1[nH]c2ccccc2c1C(=O)C(=O)NCc1ccccn1. The summed E-state index contributed by atoms with van der Waals surface area (Å²) in [5.41, 5.74) is 2.67. The van der Waals surface area contributed by atoms with Crippen molar-refractivity contribution < 1.29 is 9.59 Å². The van der Waals surface area contributed by atoms with Crippen molar-refractivity contribution in [2.45, 2.75) is 13.5 Å². The van der Waals surface area contributed by atoms with Crippen LogP contribution >= 0.6 is 0 Å². The topological polar surface area (TPSA) is 74.8 Å². The summed E-state index contributed by atoms with van der Waals surface area (Å²) in [5.74, 6) is -1.16. The number of hydrogen-bond donors (Lipinski definition) is 2. The maximum Gasteiger partial charge on any atom is 0.292 e. The number of aryl methyl sites for hydroxylation is 1. The number of benzene rings is 1. The van der Waals surface area contributed by atoms with Crippen molar-refractivity contribution in [3.05, 3.63) is 65.6 Å². The van der Waals surface area contributed by atoms with Gasteiger partial charge in [0.05, 0.1) is 17.8 Å². The number of aromatic amines is 1. The van der Waals surface area contributed by atoms with Crippen LogP contribution in [-0.4, -0.2) is 21.7 Å². The summed E-state index contributed by atoms with van der Waals surface area (Å²) in [6.07, 6.45) is 1.65. The van der Waals surface area contributed by atoms with E-state index in [1.54, 1.807) is 25.3 Å². The van der Waals surface area contributed by atoms with Crippen LogP contribution in [0.15, 0.2) is 48.7 Å². The molecule has 0 bridgehead atoms. The summed E-state index contributed by atoms with van der Waals surface area (Å²) < 4.78 is 0. The number of H-pyrrole nitrogens is 1. The molecule has 110 valence electrons. The minimum atomic E-state index is -0.626. The number of rotatable bonds is 4. The van der Waals surface area contributed by atoms with E-state index in [9.17, 15) is 9.59 Å². The Balaban J connectivity index is 1.80. The average molecular weight is 293 g/mol. The van der Waals surface area contributed by atoms with Crippen LogP contribution < -0.4 is 5.32 Å². The van der Waals surface area contributed by atoms with Crippen LogP contribution in [0.2, 0.25) is 0 Å². The van der Waals surface area contributed by atoms with Crippen molar-refractivity contribution in [3.8, 4) is 0 Å². The minimum Gasteiger partial charge on any atom is -0.358 e. The van der Waals surface area contributed by atoms with Gasteiger partial charge in [-0.05, 0) is 25.1 Å². The number of ketones is 1. The van der Waals surface area contributed by atoms with Crippen LogP contribution in [0.4, 0.5) is 0 Å². The normalized spacial score (nSPS) is 10.6. The Kier molecular flexibility index (Phi) is 3.70. The lowest BCUT2D eigenvalue weighted by atomic mass is 10.1. The van der Waals surface area contributed by atoms with Crippen molar-refractivity contribution in [3.63, 3.8) is 0 Å². The highest BCUT2D eigenvalue weighted by Crippen LogP contribution is 2.22. The first kappa shape index (κ1) is 14.0. The Morgan fingerprint density at radius 3 is 2.68 bits per heavy atom. The Hall–Kier alpha value is -2.95. The second-order valence-corrected chi connectivity index (χ2v) is 5.00. The first-order chi connectivity index (χ1) is 10.7. The van der Waals surface area contributed by atoms with Gasteiger partial charge >= 0.3 is 0 Å². The van der Waals surface area contributed by atoms with Gasteiger partial charge in [-0.3, -0.25) is 14.6 Å². The van der Waals surface area contributed by atoms with Gasteiger partial charge in [0.1, 0.15) is 0 Å². The maximum absolute atomic E-state index is 12.4. The third kappa shape index (κ3) is 2.61. The molecule has 2 aromatic heterocycles. The molecule has 0 saturated carbocycles. The summed E-state index contributed by atoms with van der Waals surface area (Å²) in [6.45, 7) is 2.02. The maximum atomic E-state index is 12.4. The van der Waals surface area contributed by atoms with Crippen LogP contribution in [0.5, 0.6) is 0 Å². The lowest BCUT2D eigenvalue weighted by molar-refractivity contribution is -0.117. The molecule has 5 nitrogen and oxygen atoms in total. The molecule has 0 saturated heterocycles. The standard InChI is InChI=1S/C17H15N3O2/c1-11-15(13-7-2-3-8-14(13)20-11)16(21)17(22)19-10-12-6-4-5-9-18-12/h2-9,20H,10H2,1H3,(H,19,22). The van der Waals surface area contributed by atoms with E-state index in [4.69, 9.17) is 0 Å². The molecule has 0 spiro atoms. The summed E-state index contributed by atoms with van der Waals surface area (Å²) in [6, 6.07) is 12.9. The molecule has 0 unspecified atom stereocenters. The van der Waals surface area contributed by atoms with Gasteiger partial charge < -0.3 is 10.3 Å². The van der Waals surface area contributed by atoms with Gasteiger partial charge in [0.15, 0.2) is 0 Å². The van der Waals surface area contributed by atoms with Crippen molar-refractivity contribution in [2.75, 3.05) is 0 Å². The molecule has 2 N–H and O–H groups in total. The summed E-state index contributed by atoms with van der Waals surface area (Å²) in [4.78, 5) is 31.7. The van der Waals surface area contributed by atoms with E-state index >= 15 is 0 Å². The lowest BCUT2D eigenvalue weighted by Gasteiger charge is -2.04. The molecule has 0 aliphatic carbocycles. The van der Waals surface area contributed by atoms with Gasteiger partial charge in [-0.1, -0.05) is 24.3 Å². The van der Waals surface area contributed by atoms with Crippen LogP contribution in [0.1, 0.15) is 21.7 Å². The Morgan fingerprint density at radius 1 is 1.14 bits per heavy atom. The first-order valence-electron chi connectivity index (χ1n) is 6.96. The zero-order valence-electron chi connectivity index (χ0n) is 12.1. The van der Waals surface area contributed by atoms with E-state index in [1.807, 2.05) is 30.3 Å². The monoisotopic (exact) mass is 293 g/mol. The molecule has 0 aliphatic heterocycles. The molecule has 5 heteroatoms. The number of hydrogen-bond acceptors (Lipinski definition) is 3. The fraction of sp³-hybridized carbons (Fsp3) is 0.118. The molecule has 22 heavy (non-hydrogen) atoms. The highest BCUT2D eigenvalue weighted by atomic mass is 16.2. The largest absolute Gasteiger partial charge is 0.358 e. The van der Waals surface area contributed by atoms with E-state index in [0.717, 1.165) is 10.9 Å². The molecular formula is C17H15N3O2. The molecule has 1 aromatic carbocycles. The Morgan fingerprint density at radius 2 is 1.91 bits per heavy atom. The summed E-state index contributed by atoms with van der Waals surface area (Å²) in [5, 5.41) is 3.38. The molecule has 0 atom stereocenters. The number of carbonyl (C=O) groups is 2. The third-order valence-electron chi connectivity index (χ3n) is 3.48. The van der Waals surface area contributed by atoms with E-state index in [2.05, 4.69) is 15.3 Å².